The second kappa shape index (κ2) is 7.86. The van der Waals surface area contributed by atoms with E-state index in [1.54, 1.807) is 29.4 Å². The smallest absolute Gasteiger partial charge is 0.339 e. The van der Waals surface area contributed by atoms with E-state index in [1.807, 2.05) is 4.89 Å². The minimum absolute atomic E-state index is 0.0479. The van der Waals surface area contributed by atoms with Crippen LogP contribution in [0.2, 0.25) is 0 Å². The fourth-order valence-corrected chi connectivity index (χ4v) is 4.17. The predicted octanol–water partition coefficient (Wildman–Crippen LogP) is 0.903. The lowest BCUT2D eigenvalue weighted by atomic mass is 10.3. The lowest BCUT2D eigenvalue weighted by Gasteiger charge is -2.33. The number of amides is 2. The van der Waals surface area contributed by atoms with E-state index in [2.05, 4.69) is 0 Å². The van der Waals surface area contributed by atoms with Crippen LogP contribution in [0, 0.1) is 0 Å². The summed E-state index contributed by atoms with van der Waals surface area (Å²) in [6, 6.07) is 6.43. The molecule has 132 valence electrons. The highest BCUT2D eigenvalue weighted by Gasteiger charge is 2.26. The van der Waals surface area contributed by atoms with E-state index in [0.29, 0.717) is 31.1 Å². The van der Waals surface area contributed by atoms with Crippen molar-refractivity contribution in [2.24, 2.45) is 0 Å². The summed E-state index contributed by atoms with van der Waals surface area (Å²) in [6.45, 7) is 2.84. The van der Waals surface area contributed by atoms with Gasteiger partial charge in [0.2, 0.25) is 5.91 Å². The Morgan fingerprint density at radius 1 is 1.12 bits per heavy atom. The van der Waals surface area contributed by atoms with E-state index in [4.69, 9.17) is 4.84 Å². The lowest BCUT2D eigenvalue weighted by Crippen LogP contribution is -2.51. The van der Waals surface area contributed by atoms with Crippen molar-refractivity contribution in [1.29, 1.82) is 0 Å². The number of benzene rings is 1. The van der Waals surface area contributed by atoms with Crippen LogP contribution < -0.4 is 4.89 Å². The molecule has 0 spiro atoms. The first-order valence-corrected chi connectivity index (χ1v) is 9.92. The summed E-state index contributed by atoms with van der Waals surface area (Å²) in [5.41, 5.74) is 0. The van der Waals surface area contributed by atoms with Gasteiger partial charge in [-0.25, -0.2) is 13.2 Å². The van der Waals surface area contributed by atoms with Crippen LogP contribution in [0.25, 0.3) is 0 Å². The predicted molar refractivity (Wildman–Crippen MR) is 88.9 cm³/mol. The number of piperazine rings is 1. The van der Waals surface area contributed by atoms with Gasteiger partial charge < -0.3 is 14.6 Å². The molecule has 1 fully saturated rings. The maximum absolute atomic E-state index is 12.3. The maximum atomic E-state index is 12.3. The van der Waals surface area contributed by atoms with Crippen molar-refractivity contribution < 1.29 is 22.8 Å². The first-order valence-electron chi connectivity index (χ1n) is 7.21. The number of sulfonamides is 1. The molecule has 0 aliphatic carbocycles. The Morgan fingerprint density at radius 3 is 2.29 bits per heavy atom. The summed E-state index contributed by atoms with van der Waals surface area (Å²) in [6.07, 6.45) is 0.970. The second-order valence-electron chi connectivity index (χ2n) is 5.10. The molecule has 1 aromatic rings. The van der Waals surface area contributed by atoms with Gasteiger partial charge in [0.25, 0.3) is 10.0 Å². The average molecular weight is 373 g/mol. The largest absolute Gasteiger partial charge is 0.429 e. The normalized spacial score (nSPS) is 15.2. The second-order valence-corrected chi connectivity index (χ2v) is 7.56. The summed E-state index contributed by atoms with van der Waals surface area (Å²) in [5.74, 6) is -0.0580. The highest BCUT2D eigenvalue weighted by molar-refractivity contribution is 7.99. The molecule has 1 aromatic carbocycles. The summed E-state index contributed by atoms with van der Waals surface area (Å²) >= 11 is 1.28. The molecule has 2 amide bonds. The van der Waals surface area contributed by atoms with Gasteiger partial charge in [-0.2, -0.15) is 0 Å². The third kappa shape index (κ3) is 4.40. The van der Waals surface area contributed by atoms with Crippen LogP contribution in [-0.4, -0.2) is 62.7 Å². The number of nitrogens with zero attached hydrogens (tertiary/aromatic N) is 2. The molecule has 24 heavy (non-hydrogen) atoms. The van der Waals surface area contributed by atoms with Crippen molar-refractivity contribution in [2.75, 3.05) is 32.4 Å². The number of hydrogen-bond acceptors (Lipinski definition) is 6. The van der Waals surface area contributed by atoms with Gasteiger partial charge in [-0.1, -0.05) is 12.1 Å². The quantitative estimate of drug-likeness (QED) is 0.622. The van der Waals surface area contributed by atoms with Gasteiger partial charge in [-0.3, -0.25) is 4.79 Å². The van der Waals surface area contributed by atoms with Gasteiger partial charge in [0.1, 0.15) is 0 Å². The molecule has 0 radical (unpaired) electrons. The molecule has 0 saturated carbocycles. The fourth-order valence-electron chi connectivity index (χ4n) is 2.24. The number of thioether (sulfide) groups is 1. The molecule has 1 N–H and O–H groups in total. The van der Waals surface area contributed by atoms with Crippen LogP contribution in [0.15, 0.2) is 34.1 Å². The molecular formula is C14H19N3O5S2. The van der Waals surface area contributed by atoms with E-state index in [0.717, 1.165) is 0 Å². The van der Waals surface area contributed by atoms with Gasteiger partial charge >= 0.3 is 6.09 Å². The van der Waals surface area contributed by atoms with Crippen molar-refractivity contribution in [3.05, 3.63) is 24.3 Å². The number of nitrogens with one attached hydrogen (secondary N) is 1. The SMILES string of the molecule is CSc1ccccc1S(=O)(=O)NOC(=O)N1CCN(C(C)=O)CC1. The van der Waals surface area contributed by atoms with E-state index >= 15 is 0 Å². The summed E-state index contributed by atoms with van der Waals surface area (Å²) in [7, 11) is -3.97. The zero-order chi connectivity index (χ0) is 17.7. The number of hydrogen-bond donors (Lipinski definition) is 1. The molecule has 1 aliphatic rings. The third-order valence-electron chi connectivity index (χ3n) is 3.58. The minimum atomic E-state index is -3.97. The van der Waals surface area contributed by atoms with Crippen molar-refractivity contribution in [3.8, 4) is 0 Å². The first-order chi connectivity index (χ1) is 11.3. The van der Waals surface area contributed by atoms with Gasteiger partial charge in [0.05, 0.1) is 4.90 Å². The maximum Gasteiger partial charge on any atom is 0.429 e. The van der Waals surface area contributed by atoms with Crippen LogP contribution in [-0.2, 0) is 19.7 Å². The van der Waals surface area contributed by atoms with Gasteiger partial charge in [-0.15, -0.1) is 11.8 Å². The molecule has 0 bridgehead atoms. The number of carbonyl (C=O) groups excluding carboxylic acids is 2. The molecule has 1 aliphatic heterocycles. The third-order valence-corrected chi connectivity index (χ3v) is 5.74. The summed E-state index contributed by atoms with van der Waals surface area (Å²) in [5, 5.41) is 0. The molecule has 8 nitrogen and oxygen atoms in total. The zero-order valence-electron chi connectivity index (χ0n) is 13.4. The summed E-state index contributed by atoms with van der Waals surface area (Å²) < 4.78 is 24.5. The highest BCUT2D eigenvalue weighted by Crippen LogP contribution is 2.24. The zero-order valence-corrected chi connectivity index (χ0v) is 15.0. The van der Waals surface area contributed by atoms with E-state index < -0.39 is 16.1 Å². The summed E-state index contributed by atoms with van der Waals surface area (Å²) in [4.78, 5) is 33.4. The lowest BCUT2D eigenvalue weighted by molar-refractivity contribution is -0.130. The van der Waals surface area contributed by atoms with Crippen LogP contribution in [0.1, 0.15) is 6.92 Å². The molecule has 2 rings (SSSR count). The molecular weight excluding hydrogens is 354 g/mol. The van der Waals surface area contributed by atoms with Crippen molar-refractivity contribution >= 4 is 33.8 Å². The minimum Gasteiger partial charge on any atom is -0.339 e. The molecule has 1 heterocycles. The van der Waals surface area contributed by atoms with Crippen LogP contribution in [0.4, 0.5) is 4.79 Å². The molecule has 0 atom stereocenters. The molecule has 0 unspecified atom stereocenters. The van der Waals surface area contributed by atoms with Gasteiger partial charge in [-0.05, 0) is 23.3 Å². The van der Waals surface area contributed by atoms with Gasteiger partial charge in [0.15, 0.2) is 0 Å². The average Bonchev–Trinajstić information content (AvgIpc) is 2.59. The molecule has 10 heteroatoms. The Bertz CT molecular complexity index is 715. The monoisotopic (exact) mass is 373 g/mol. The van der Waals surface area contributed by atoms with Gasteiger partial charge in [0, 0.05) is 38.0 Å². The van der Waals surface area contributed by atoms with Crippen molar-refractivity contribution in [2.45, 2.75) is 16.7 Å². The van der Waals surface area contributed by atoms with Crippen molar-refractivity contribution in [1.82, 2.24) is 14.7 Å². The van der Waals surface area contributed by atoms with E-state index in [1.165, 1.54) is 29.7 Å². The Balaban J connectivity index is 1.95. The first kappa shape index (κ1) is 18.6. The highest BCUT2D eigenvalue weighted by atomic mass is 32.2. The molecule has 0 aromatic heterocycles. The topological polar surface area (TPSA) is 96.0 Å². The number of rotatable bonds is 4. The van der Waals surface area contributed by atoms with Crippen LogP contribution in [0.5, 0.6) is 0 Å². The van der Waals surface area contributed by atoms with Crippen molar-refractivity contribution in [3.63, 3.8) is 0 Å². The Morgan fingerprint density at radius 2 is 1.71 bits per heavy atom. The number of carbonyl (C=O) groups is 2. The van der Waals surface area contributed by atoms with E-state index in [-0.39, 0.29) is 10.8 Å². The fraction of sp³-hybridized carbons (Fsp3) is 0.429. The standard InChI is InChI=1S/C14H19N3O5S2/c1-11(18)16-7-9-17(10-8-16)14(19)22-15-24(20,21)13-6-4-3-5-12(13)23-2/h3-6,15H,7-10H2,1-2H3. The Kier molecular flexibility index (Phi) is 6.08. The Hall–Kier alpha value is -1.78. The van der Waals surface area contributed by atoms with E-state index in [9.17, 15) is 18.0 Å². The molecule has 1 saturated heterocycles. The van der Waals surface area contributed by atoms with Crippen LogP contribution in [0.3, 0.4) is 0 Å². The van der Waals surface area contributed by atoms with Crippen LogP contribution >= 0.6 is 11.8 Å². The Labute approximate surface area is 145 Å².